The van der Waals surface area contributed by atoms with E-state index in [-0.39, 0.29) is 11.5 Å². The summed E-state index contributed by atoms with van der Waals surface area (Å²) < 4.78 is 22.7. The van der Waals surface area contributed by atoms with Crippen LogP contribution in [0.2, 0.25) is 0 Å². The topological polar surface area (TPSA) is 104 Å². The first kappa shape index (κ1) is 26.4. The maximum atomic E-state index is 12.4. The van der Waals surface area contributed by atoms with Gasteiger partial charge in [-0.1, -0.05) is 56.3 Å². The Morgan fingerprint density at radius 3 is 2.61 bits per heavy atom. The first-order valence-electron chi connectivity index (χ1n) is 12.4. The number of ether oxygens (including phenoxy) is 4. The van der Waals surface area contributed by atoms with Crippen molar-refractivity contribution < 1.29 is 23.7 Å². The second-order valence-corrected chi connectivity index (χ2v) is 9.23. The fourth-order valence-corrected chi connectivity index (χ4v) is 4.11. The van der Waals surface area contributed by atoms with Crippen molar-refractivity contribution in [3.8, 4) is 29.1 Å². The van der Waals surface area contributed by atoms with E-state index in [1.807, 2.05) is 48.5 Å². The maximum Gasteiger partial charge on any atom is 0.336 e. The third kappa shape index (κ3) is 6.16. The Kier molecular flexibility index (Phi) is 8.34. The quantitative estimate of drug-likeness (QED) is 0.215. The summed E-state index contributed by atoms with van der Waals surface area (Å²) in [5.41, 5.74) is 8.82. The van der Waals surface area contributed by atoms with Gasteiger partial charge >= 0.3 is 5.97 Å². The van der Waals surface area contributed by atoms with Crippen molar-refractivity contribution in [2.45, 2.75) is 26.2 Å². The molecule has 1 aliphatic heterocycles. The lowest BCUT2D eigenvalue weighted by Gasteiger charge is -2.27. The minimum atomic E-state index is -0.528. The second kappa shape index (κ2) is 12.0. The number of fused-ring (bicyclic) bond motifs is 1. The average Bonchev–Trinajstić information content (AvgIpc) is 2.91. The Morgan fingerprint density at radius 1 is 1.11 bits per heavy atom. The van der Waals surface area contributed by atoms with Crippen molar-refractivity contribution >= 4 is 12.0 Å². The van der Waals surface area contributed by atoms with Gasteiger partial charge in [-0.15, -0.1) is 0 Å². The molecule has 7 heteroatoms. The number of carbonyl (C=O) groups is 1. The first-order chi connectivity index (χ1) is 18.4. The van der Waals surface area contributed by atoms with Crippen LogP contribution in [0.15, 0.2) is 84.3 Å². The van der Waals surface area contributed by atoms with Gasteiger partial charge in [0, 0.05) is 17.7 Å². The summed E-state index contributed by atoms with van der Waals surface area (Å²) in [6.07, 6.45) is 3.96. The van der Waals surface area contributed by atoms with Crippen molar-refractivity contribution in [3.05, 3.63) is 101 Å². The van der Waals surface area contributed by atoms with Gasteiger partial charge in [0.2, 0.25) is 5.88 Å². The molecule has 0 aliphatic carbocycles. The molecule has 1 atom stereocenters. The Bertz CT molecular complexity index is 1400. The smallest absolute Gasteiger partial charge is 0.336 e. The molecule has 3 aromatic carbocycles. The third-order valence-electron chi connectivity index (χ3n) is 6.09. The highest BCUT2D eigenvalue weighted by Gasteiger charge is 2.31. The molecule has 0 bridgehead atoms. The number of benzene rings is 3. The van der Waals surface area contributed by atoms with E-state index in [4.69, 9.17) is 24.7 Å². The number of esters is 1. The molecule has 0 saturated heterocycles. The fourth-order valence-electron chi connectivity index (χ4n) is 4.11. The summed E-state index contributed by atoms with van der Waals surface area (Å²) in [6, 6.07) is 22.2. The Hall–Kier alpha value is -4.70. The Balaban J connectivity index is 1.60. The molecule has 1 heterocycles. The van der Waals surface area contributed by atoms with Crippen LogP contribution < -0.4 is 24.7 Å². The van der Waals surface area contributed by atoms with Crippen molar-refractivity contribution in [1.29, 1.82) is 5.26 Å². The number of hydrogen-bond acceptors (Lipinski definition) is 7. The minimum Gasteiger partial charge on any atom is -0.493 e. The van der Waals surface area contributed by atoms with E-state index in [1.54, 1.807) is 31.4 Å². The molecule has 1 aliphatic rings. The lowest BCUT2D eigenvalue weighted by atomic mass is 9.83. The minimum absolute atomic E-state index is 0.00585. The maximum absolute atomic E-state index is 12.4. The van der Waals surface area contributed by atoms with Crippen LogP contribution in [0.3, 0.4) is 0 Å². The molecule has 1 unspecified atom stereocenters. The standard InChI is InChI=1S/C31H30N2O5/c1-20(2)15-16-36-26-13-10-22(17-28(26)35-3)30-24-12-11-23(18-27(24)38-31(33)25(30)19-32)37-29(34)14-9-21-7-5-4-6-8-21/h4-14,17-18,20,30H,15-16,33H2,1-3H3/b14-9+. The highest BCUT2D eigenvalue weighted by atomic mass is 16.5. The van der Waals surface area contributed by atoms with Crippen LogP contribution in [0.25, 0.3) is 6.08 Å². The Morgan fingerprint density at radius 2 is 1.89 bits per heavy atom. The summed E-state index contributed by atoms with van der Waals surface area (Å²) in [6.45, 7) is 4.85. The number of nitriles is 1. The lowest BCUT2D eigenvalue weighted by Crippen LogP contribution is -2.21. The SMILES string of the molecule is COc1cc(C2C(C#N)=C(N)Oc3cc(OC(=O)/C=C/c4ccccc4)ccc32)ccc1OCCC(C)C. The highest BCUT2D eigenvalue weighted by Crippen LogP contribution is 2.45. The van der Waals surface area contributed by atoms with Gasteiger partial charge in [0.15, 0.2) is 11.5 Å². The number of hydrogen-bond donors (Lipinski definition) is 1. The molecule has 0 fully saturated rings. The summed E-state index contributed by atoms with van der Waals surface area (Å²) in [5, 5.41) is 9.89. The van der Waals surface area contributed by atoms with Crippen molar-refractivity contribution in [1.82, 2.24) is 0 Å². The van der Waals surface area contributed by atoms with Crippen LogP contribution >= 0.6 is 0 Å². The van der Waals surface area contributed by atoms with E-state index in [0.717, 1.165) is 17.5 Å². The number of nitrogens with zero attached hydrogens (tertiary/aromatic N) is 1. The molecule has 3 aromatic rings. The second-order valence-electron chi connectivity index (χ2n) is 9.23. The molecule has 0 aromatic heterocycles. The first-order valence-corrected chi connectivity index (χ1v) is 12.4. The number of methoxy groups -OCH3 is 1. The van der Waals surface area contributed by atoms with Crippen LogP contribution in [0.4, 0.5) is 0 Å². The summed E-state index contributed by atoms with van der Waals surface area (Å²) in [7, 11) is 1.58. The zero-order valence-electron chi connectivity index (χ0n) is 21.6. The van der Waals surface area contributed by atoms with Crippen LogP contribution in [0, 0.1) is 17.2 Å². The molecule has 0 spiro atoms. The van der Waals surface area contributed by atoms with E-state index in [9.17, 15) is 10.1 Å². The predicted octanol–water partition coefficient (Wildman–Crippen LogP) is 5.96. The summed E-state index contributed by atoms with van der Waals surface area (Å²) in [5.74, 6) is 1.38. The molecular weight excluding hydrogens is 480 g/mol. The van der Waals surface area contributed by atoms with E-state index in [1.165, 1.54) is 6.08 Å². The van der Waals surface area contributed by atoms with Gasteiger partial charge in [0.25, 0.3) is 0 Å². The highest BCUT2D eigenvalue weighted by molar-refractivity contribution is 5.88. The van der Waals surface area contributed by atoms with Crippen LogP contribution in [0.5, 0.6) is 23.0 Å². The van der Waals surface area contributed by atoms with E-state index in [2.05, 4.69) is 19.9 Å². The van der Waals surface area contributed by atoms with Crippen LogP contribution in [0.1, 0.15) is 42.9 Å². The van der Waals surface area contributed by atoms with Gasteiger partial charge in [0.05, 0.1) is 19.6 Å². The zero-order valence-corrected chi connectivity index (χ0v) is 21.6. The predicted molar refractivity (Wildman–Crippen MR) is 145 cm³/mol. The molecule has 7 nitrogen and oxygen atoms in total. The largest absolute Gasteiger partial charge is 0.493 e. The lowest BCUT2D eigenvalue weighted by molar-refractivity contribution is -0.128. The number of rotatable bonds is 9. The fraction of sp³-hybridized carbons (Fsp3) is 0.226. The van der Waals surface area contributed by atoms with Crippen molar-refractivity contribution in [2.75, 3.05) is 13.7 Å². The molecule has 0 amide bonds. The van der Waals surface area contributed by atoms with E-state index >= 15 is 0 Å². The van der Waals surface area contributed by atoms with Crippen LogP contribution in [-0.2, 0) is 4.79 Å². The third-order valence-corrected chi connectivity index (χ3v) is 6.09. The van der Waals surface area contributed by atoms with Gasteiger partial charge in [-0.05, 0) is 47.7 Å². The molecule has 0 saturated carbocycles. The molecule has 4 rings (SSSR count). The zero-order chi connectivity index (χ0) is 27.1. The van der Waals surface area contributed by atoms with Gasteiger partial charge in [-0.2, -0.15) is 5.26 Å². The monoisotopic (exact) mass is 510 g/mol. The number of allylic oxidation sites excluding steroid dienone is 1. The number of nitrogens with two attached hydrogens (primary N) is 1. The normalized spacial score (nSPS) is 14.6. The van der Waals surface area contributed by atoms with Crippen molar-refractivity contribution in [3.63, 3.8) is 0 Å². The molecular formula is C31H30N2O5. The summed E-state index contributed by atoms with van der Waals surface area (Å²) >= 11 is 0. The summed E-state index contributed by atoms with van der Waals surface area (Å²) in [4.78, 5) is 12.4. The van der Waals surface area contributed by atoms with Gasteiger partial charge in [-0.25, -0.2) is 4.79 Å². The van der Waals surface area contributed by atoms with Gasteiger partial charge < -0.3 is 24.7 Å². The Labute approximate surface area is 222 Å². The van der Waals surface area contributed by atoms with Crippen molar-refractivity contribution in [2.24, 2.45) is 11.7 Å². The molecule has 38 heavy (non-hydrogen) atoms. The molecule has 2 N–H and O–H groups in total. The van der Waals surface area contributed by atoms with Gasteiger partial charge in [-0.3, -0.25) is 0 Å². The van der Waals surface area contributed by atoms with Gasteiger partial charge in [0.1, 0.15) is 23.1 Å². The number of carbonyl (C=O) groups excluding carboxylic acids is 1. The molecule has 0 radical (unpaired) electrons. The van der Waals surface area contributed by atoms with E-state index < -0.39 is 11.9 Å². The van der Waals surface area contributed by atoms with E-state index in [0.29, 0.717) is 41.1 Å². The van der Waals surface area contributed by atoms with Crippen LogP contribution in [-0.4, -0.2) is 19.7 Å². The average molecular weight is 511 g/mol. The molecule has 194 valence electrons.